The van der Waals surface area contributed by atoms with Crippen molar-refractivity contribution >= 4 is 11.8 Å². The zero-order chi connectivity index (χ0) is 13.8. The summed E-state index contributed by atoms with van der Waals surface area (Å²) in [6, 6.07) is 10.1. The van der Waals surface area contributed by atoms with Gasteiger partial charge in [0.2, 0.25) is 0 Å². The topological polar surface area (TPSA) is 38.9 Å². The van der Waals surface area contributed by atoms with Crippen molar-refractivity contribution in [2.75, 3.05) is 0 Å². The average molecular weight is 286 g/mol. The first-order chi connectivity index (χ1) is 9.81. The lowest BCUT2D eigenvalue weighted by Crippen LogP contribution is -1.81. The first-order valence-corrected chi connectivity index (χ1v) is 7.03. The van der Waals surface area contributed by atoms with Crippen molar-refractivity contribution < 1.29 is 8.81 Å². The third kappa shape index (κ3) is 3.05. The van der Waals surface area contributed by atoms with Crippen LogP contribution in [0.1, 0.15) is 5.56 Å². The second kappa shape index (κ2) is 5.88. The van der Waals surface area contributed by atoms with Crippen LogP contribution in [0.3, 0.4) is 0 Å². The number of halogens is 1. The molecule has 0 aliphatic carbocycles. The highest BCUT2D eigenvalue weighted by atomic mass is 32.2. The summed E-state index contributed by atoms with van der Waals surface area (Å²) in [6.45, 7) is 0. The molecule has 0 spiro atoms. The van der Waals surface area contributed by atoms with Crippen LogP contribution in [0.5, 0.6) is 0 Å². The lowest BCUT2D eigenvalue weighted by atomic mass is 10.2. The molecule has 100 valence electrons. The third-order valence-electron chi connectivity index (χ3n) is 2.70. The van der Waals surface area contributed by atoms with E-state index in [0.717, 1.165) is 16.9 Å². The number of aromatic nitrogens is 2. The van der Waals surface area contributed by atoms with E-state index in [2.05, 4.69) is 9.97 Å². The van der Waals surface area contributed by atoms with Crippen LogP contribution in [0.15, 0.2) is 64.6 Å². The summed E-state index contributed by atoms with van der Waals surface area (Å²) in [5.41, 5.74) is 1.92. The van der Waals surface area contributed by atoms with E-state index in [-0.39, 0.29) is 5.82 Å². The predicted molar refractivity (Wildman–Crippen MR) is 75.7 cm³/mol. The maximum atomic E-state index is 12.9. The predicted octanol–water partition coefficient (Wildman–Crippen LogP) is 4.17. The number of hydrogen-bond acceptors (Lipinski definition) is 4. The molecule has 0 fully saturated rings. The van der Waals surface area contributed by atoms with E-state index in [1.54, 1.807) is 24.5 Å². The fourth-order valence-electron chi connectivity index (χ4n) is 1.70. The fourth-order valence-corrected chi connectivity index (χ4v) is 2.44. The Kier molecular flexibility index (Phi) is 3.78. The molecule has 1 aromatic carbocycles. The summed E-state index contributed by atoms with van der Waals surface area (Å²) in [5, 5.41) is 0.591. The van der Waals surface area contributed by atoms with E-state index in [4.69, 9.17) is 4.42 Å². The molecular formula is C15H11FN2OS. The number of thioether (sulfide) groups is 1. The normalized spacial score (nSPS) is 10.7. The van der Waals surface area contributed by atoms with Crippen molar-refractivity contribution in [2.24, 2.45) is 0 Å². The molecule has 0 atom stereocenters. The van der Waals surface area contributed by atoms with Crippen LogP contribution in [0.4, 0.5) is 4.39 Å². The summed E-state index contributed by atoms with van der Waals surface area (Å²) in [7, 11) is 0. The zero-order valence-corrected chi connectivity index (χ0v) is 11.3. The molecule has 0 unspecified atom stereocenters. The van der Waals surface area contributed by atoms with Gasteiger partial charge < -0.3 is 4.42 Å². The van der Waals surface area contributed by atoms with Crippen molar-refractivity contribution in [1.29, 1.82) is 0 Å². The largest absolute Gasteiger partial charge is 0.431 e. The zero-order valence-electron chi connectivity index (χ0n) is 10.5. The highest BCUT2D eigenvalue weighted by molar-refractivity contribution is 7.98. The molecule has 2 aromatic heterocycles. The SMILES string of the molecule is Fc1ccc(-c2cnc(SCc3cccnc3)o2)cc1. The molecule has 0 bridgehead atoms. The van der Waals surface area contributed by atoms with Crippen LogP contribution < -0.4 is 0 Å². The van der Waals surface area contributed by atoms with Crippen molar-refractivity contribution in [1.82, 2.24) is 9.97 Å². The van der Waals surface area contributed by atoms with Gasteiger partial charge in [0.05, 0.1) is 6.20 Å². The Morgan fingerprint density at radius 2 is 1.95 bits per heavy atom. The molecular weight excluding hydrogens is 275 g/mol. The molecule has 0 N–H and O–H groups in total. The number of pyridine rings is 1. The molecule has 5 heteroatoms. The van der Waals surface area contributed by atoms with E-state index in [0.29, 0.717) is 11.0 Å². The van der Waals surface area contributed by atoms with Gasteiger partial charge >= 0.3 is 0 Å². The molecule has 0 aliphatic rings. The van der Waals surface area contributed by atoms with E-state index in [9.17, 15) is 4.39 Å². The summed E-state index contributed by atoms with van der Waals surface area (Å²) >= 11 is 1.50. The van der Waals surface area contributed by atoms with Gasteiger partial charge in [0.15, 0.2) is 5.76 Å². The minimum atomic E-state index is -0.264. The second-order valence-electron chi connectivity index (χ2n) is 4.15. The summed E-state index contributed by atoms with van der Waals surface area (Å²) in [5.74, 6) is 1.12. The van der Waals surface area contributed by atoms with Gasteiger partial charge in [-0.2, -0.15) is 0 Å². The third-order valence-corrected chi connectivity index (χ3v) is 3.61. The smallest absolute Gasteiger partial charge is 0.256 e. The fraction of sp³-hybridized carbons (Fsp3) is 0.0667. The maximum Gasteiger partial charge on any atom is 0.256 e. The van der Waals surface area contributed by atoms with Gasteiger partial charge in [0, 0.05) is 23.7 Å². The van der Waals surface area contributed by atoms with E-state index in [1.807, 2.05) is 18.3 Å². The number of nitrogens with zero attached hydrogens (tertiary/aromatic N) is 2. The highest BCUT2D eigenvalue weighted by Crippen LogP contribution is 2.27. The molecule has 3 nitrogen and oxygen atoms in total. The monoisotopic (exact) mass is 286 g/mol. The van der Waals surface area contributed by atoms with Crippen LogP contribution >= 0.6 is 11.8 Å². The second-order valence-corrected chi connectivity index (χ2v) is 5.07. The van der Waals surface area contributed by atoms with E-state index >= 15 is 0 Å². The minimum Gasteiger partial charge on any atom is -0.431 e. The molecule has 0 saturated heterocycles. The molecule has 0 saturated carbocycles. The quantitative estimate of drug-likeness (QED) is 0.675. The number of benzene rings is 1. The first kappa shape index (κ1) is 12.9. The van der Waals surface area contributed by atoms with Gasteiger partial charge in [-0.05, 0) is 35.9 Å². The van der Waals surface area contributed by atoms with Crippen LogP contribution in [0.25, 0.3) is 11.3 Å². The Hall–Kier alpha value is -2.14. The molecule has 2 heterocycles. The number of rotatable bonds is 4. The first-order valence-electron chi connectivity index (χ1n) is 6.05. The van der Waals surface area contributed by atoms with Crippen molar-refractivity contribution in [3.8, 4) is 11.3 Å². The van der Waals surface area contributed by atoms with Crippen molar-refractivity contribution in [2.45, 2.75) is 11.0 Å². The Morgan fingerprint density at radius 1 is 1.10 bits per heavy atom. The van der Waals surface area contributed by atoms with Gasteiger partial charge in [0.1, 0.15) is 5.82 Å². The summed E-state index contributed by atoms with van der Waals surface area (Å²) in [6.07, 6.45) is 5.21. The van der Waals surface area contributed by atoms with E-state index < -0.39 is 0 Å². The summed E-state index contributed by atoms with van der Waals surface area (Å²) in [4.78, 5) is 8.27. The molecule has 0 amide bonds. The van der Waals surface area contributed by atoms with Crippen LogP contribution in [-0.2, 0) is 5.75 Å². The molecule has 20 heavy (non-hydrogen) atoms. The highest BCUT2D eigenvalue weighted by Gasteiger charge is 2.07. The van der Waals surface area contributed by atoms with Gasteiger partial charge in [-0.1, -0.05) is 17.8 Å². The van der Waals surface area contributed by atoms with Crippen LogP contribution in [0, 0.1) is 5.82 Å². The van der Waals surface area contributed by atoms with Crippen molar-refractivity contribution in [3.63, 3.8) is 0 Å². The Labute approximate surface area is 119 Å². The Morgan fingerprint density at radius 3 is 2.70 bits per heavy atom. The maximum absolute atomic E-state index is 12.9. The van der Waals surface area contributed by atoms with E-state index in [1.165, 1.54) is 23.9 Å². The standard InChI is InChI=1S/C15H11FN2OS/c16-13-5-3-12(4-6-13)14-9-18-15(19-14)20-10-11-2-1-7-17-8-11/h1-9H,10H2. The molecule has 3 aromatic rings. The molecule has 3 rings (SSSR count). The summed E-state index contributed by atoms with van der Waals surface area (Å²) < 4.78 is 18.5. The lowest BCUT2D eigenvalue weighted by Gasteiger charge is -1.97. The number of hydrogen-bond donors (Lipinski definition) is 0. The van der Waals surface area contributed by atoms with Crippen LogP contribution in [0.2, 0.25) is 0 Å². The Balaban J connectivity index is 1.69. The van der Waals surface area contributed by atoms with Gasteiger partial charge in [0.25, 0.3) is 5.22 Å². The molecule has 0 aliphatic heterocycles. The minimum absolute atomic E-state index is 0.264. The lowest BCUT2D eigenvalue weighted by molar-refractivity contribution is 0.466. The van der Waals surface area contributed by atoms with Crippen LogP contribution in [-0.4, -0.2) is 9.97 Å². The average Bonchev–Trinajstić information content (AvgIpc) is 2.96. The van der Waals surface area contributed by atoms with Gasteiger partial charge in [-0.15, -0.1) is 0 Å². The van der Waals surface area contributed by atoms with Gasteiger partial charge in [-0.3, -0.25) is 4.98 Å². The Bertz CT molecular complexity index is 683. The van der Waals surface area contributed by atoms with Gasteiger partial charge in [-0.25, -0.2) is 9.37 Å². The van der Waals surface area contributed by atoms with Crippen molar-refractivity contribution in [3.05, 3.63) is 66.4 Å². The molecule has 0 radical (unpaired) electrons. The number of oxazole rings is 1.